The SMILES string of the molecule is CCn1c(=O)[nH]c2cc(CC3(O)CCN(c4ccc(C(=O)NC)nc4C)CC3)sc2c1=O. The van der Waals surface area contributed by atoms with Gasteiger partial charge in [0.15, 0.2) is 0 Å². The number of thiophene rings is 1. The number of pyridine rings is 1. The Bertz CT molecular complexity index is 1280. The second kappa shape index (κ2) is 8.51. The fraction of sp³-hybridized carbons (Fsp3) is 0.455. The molecule has 0 saturated carbocycles. The number of aromatic amines is 1. The van der Waals surface area contributed by atoms with Gasteiger partial charge in [-0.25, -0.2) is 9.78 Å². The van der Waals surface area contributed by atoms with Crippen LogP contribution in [0.3, 0.4) is 0 Å². The van der Waals surface area contributed by atoms with Crippen molar-refractivity contribution in [1.29, 1.82) is 0 Å². The van der Waals surface area contributed by atoms with Gasteiger partial charge in [-0.15, -0.1) is 11.3 Å². The molecular weight excluding hydrogens is 430 g/mol. The summed E-state index contributed by atoms with van der Waals surface area (Å²) in [6.07, 6.45) is 1.56. The highest BCUT2D eigenvalue weighted by molar-refractivity contribution is 7.18. The van der Waals surface area contributed by atoms with Crippen molar-refractivity contribution in [2.75, 3.05) is 25.0 Å². The maximum absolute atomic E-state index is 12.5. The van der Waals surface area contributed by atoms with Crippen molar-refractivity contribution in [3.8, 4) is 0 Å². The highest BCUT2D eigenvalue weighted by Gasteiger charge is 2.34. The van der Waals surface area contributed by atoms with Crippen LogP contribution in [0.2, 0.25) is 0 Å². The van der Waals surface area contributed by atoms with Crippen LogP contribution in [0.5, 0.6) is 0 Å². The minimum absolute atomic E-state index is 0.219. The molecular formula is C22H27N5O4S. The fourth-order valence-corrected chi connectivity index (χ4v) is 5.47. The first kappa shape index (κ1) is 22.2. The summed E-state index contributed by atoms with van der Waals surface area (Å²) in [6, 6.07) is 5.42. The van der Waals surface area contributed by atoms with Crippen molar-refractivity contribution in [1.82, 2.24) is 19.9 Å². The van der Waals surface area contributed by atoms with Crippen LogP contribution >= 0.6 is 11.3 Å². The molecule has 3 N–H and O–H groups in total. The summed E-state index contributed by atoms with van der Waals surface area (Å²) < 4.78 is 1.70. The lowest BCUT2D eigenvalue weighted by Crippen LogP contribution is -2.46. The molecule has 4 rings (SSSR count). The molecule has 0 bridgehead atoms. The predicted molar refractivity (Wildman–Crippen MR) is 125 cm³/mol. The maximum atomic E-state index is 12.5. The summed E-state index contributed by atoms with van der Waals surface area (Å²) in [5.74, 6) is -0.219. The second-order valence-electron chi connectivity index (χ2n) is 8.20. The molecule has 9 nitrogen and oxygen atoms in total. The monoisotopic (exact) mass is 457 g/mol. The molecule has 1 saturated heterocycles. The smallest absolute Gasteiger partial charge is 0.328 e. The van der Waals surface area contributed by atoms with Gasteiger partial charge in [0.2, 0.25) is 0 Å². The van der Waals surface area contributed by atoms with Gasteiger partial charge in [-0.05, 0) is 44.9 Å². The molecule has 0 spiro atoms. The summed E-state index contributed by atoms with van der Waals surface area (Å²) in [6.45, 7) is 5.27. The van der Waals surface area contributed by atoms with Gasteiger partial charge in [0.1, 0.15) is 10.4 Å². The largest absolute Gasteiger partial charge is 0.389 e. The van der Waals surface area contributed by atoms with Gasteiger partial charge in [0, 0.05) is 38.0 Å². The fourth-order valence-electron chi connectivity index (χ4n) is 4.27. The molecule has 1 fully saturated rings. The highest BCUT2D eigenvalue weighted by Crippen LogP contribution is 2.33. The Labute approximate surface area is 188 Å². The topological polar surface area (TPSA) is 120 Å². The van der Waals surface area contributed by atoms with Gasteiger partial charge in [0.05, 0.1) is 22.5 Å². The number of aromatic nitrogens is 3. The Morgan fingerprint density at radius 2 is 2.03 bits per heavy atom. The predicted octanol–water partition coefficient (Wildman–Crippen LogP) is 1.41. The number of carbonyl (C=O) groups is 1. The minimum Gasteiger partial charge on any atom is -0.389 e. The van der Waals surface area contributed by atoms with Crippen LogP contribution in [0.25, 0.3) is 10.2 Å². The third-order valence-corrected chi connectivity index (χ3v) is 7.20. The Kier molecular flexibility index (Phi) is 5.91. The zero-order chi connectivity index (χ0) is 23.0. The van der Waals surface area contributed by atoms with E-state index in [-0.39, 0.29) is 11.5 Å². The first-order valence-corrected chi connectivity index (χ1v) is 11.5. The summed E-state index contributed by atoms with van der Waals surface area (Å²) in [7, 11) is 1.58. The Morgan fingerprint density at radius 1 is 1.31 bits per heavy atom. The van der Waals surface area contributed by atoms with Crippen LogP contribution < -0.4 is 21.5 Å². The van der Waals surface area contributed by atoms with E-state index < -0.39 is 11.3 Å². The number of aryl methyl sites for hydroxylation is 1. The Balaban J connectivity index is 1.49. The number of hydrogen-bond donors (Lipinski definition) is 3. The van der Waals surface area contributed by atoms with E-state index in [0.29, 0.717) is 54.8 Å². The van der Waals surface area contributed by atoms with Crippen LogP contribution in [0.15, 0.2) is 27.8 Å². The van der Waals surface area contributed by atoms with Crippen LogP contribution in [-0.2, 0) is 13.0 Å². The van der Waals surface area contributed by atoms with E-state index in [9.17, 15) is 19.5 Å². The molecule has 3 aromatic heterocycles. The first-order chi connectivity index (χ1) is 15.2. The minimum atomic E-state index is -0.884. The lowest BCUT2D eigenvalue weighted by Gasteiger charge is -2.39. The standard InChI is InChI=1S/C22H27N5O4S/c1-4-27-20(29)18-16(25-21(27)30)11-14(32-18)12-22(31)7-9-26(10-8-22)17-6-5-15(19(28)23-3)24-13(17)2/h5-6,11,31H,4,7-10,12H2,1-3H3,(H,23,28)(H,25,30). The van der Waals surface area contributed by atoms with Gasteiger partial charge in [0.25, 0.3) is 11.5 Å². The Hall–Kier alpha value is -2.98. The molecule has 1 aliphatic rings. The van der Waals surface area contributed by atoms with E-state index in [2.05, 4.69) is 20.2 Å². The molecule has 0 aliphatic carbocycles. The van der Waals surface area contributed by atoms with Gasteiger partial charge < -0.3 is 20.3 Å². The van der Waals surface area contributed by atoms with Crippen molar-refractivity contribution < 1.29 is 9.90 Å². The van der Waals surface area contributed by atoms with Crippen LogP contribution in [0.1, 0.15) is 40.8 Å². The van der Waals surface area contributed by atoms with Gasteiger partial charge in [-0.2, -0.15) is 0 Å². The average molecular weight is 458 g/mol. The van der Waals surface area contributed by atoms with Crippen molar-refractivity contribution >= 4 is 33.1 Å². The molecule has 32 heavy (non-hydrogen) atoms. The summed E-state index contributed by atoms with van der Waals surface area (Å²) in [5.41, 5.74) is 1.07. The van der Waals surface area contributed by atoms with E-state index in [1.807, 2.05) is 13.0 Å². The molecule has 0 radical (unpaired) electrons. The number of anilines is 1. The summed E-state index contributed by atoms with van der Waals surface area (Å²) >= 11 is 1.34. The molecule has 170 valence electrons. The molecule has 1 aliphatic heterocycles. The number of carbonyl (C=O) groups excluding carboxylic acids is 1. The van der Waals surface area contributed by atoms with E-state index in [4.69, 9.17) is 0 Å². The molecule has 0 unspecified atom stereocenters. The highest BCUT2D eigenvalue weighted by atomic mass is 32.1. The van der Waals surface area contributed by atoms with Crippen molar-refractivity contribution in [2.24, 2.45) is 0 Å². The third-order valence-electron chi connectivity index (χ3n) is 6.08. The van der Waals surface area contributed by atoms with E-state index >= 15 is 0 Å². The third kappa shape index (κ3) is 4.07. The number of H-pyrrole nitrogens is 1. The molecule has 4 heterocycles. The number of aliphatic hydroxyl groups is 1. The maximum Gasteiger partial charge on any atom is 0.328 e. The number of fused-ring (bicyclic) bond motifs is 1. The lowest BCUT2D eigenvalue weighted by atomic mass is 9.87. The average Bonchev–Trinajstić information content (AvgIpc) is 3.16. The normalized spacial score (nSPS) is 15.8. The molecule has 3 aromatic rings. The lowest BCUT2D eigenvalue weighted by molar-refractivity contribution is 0.0172. The summed E-state index contributed by atoms with van der Waals surface area (Å²) in [4.78, 5) is 46.6. The number of nitrogens with one attached hydrogen (secondary N) is 2. The Morgan fingerprint density at radius 3 is 2.66 bits per heavy atom. The quantitative estimate of drug-likeness (QED) is 0.533. The van der Waals surface area contributed by atoms with Crippen LogP contribution in [0.4, 0.5) is 5.69 Å². The molecule has 0 atom stereocenters. The molecule has 0 aromatic carbocycles. The zero-order valence-electron chi connectivity index (χ0n) is 18.4. The molecule has 10 heteroatoms. The van der Waals surface area contributed by atoms with Gasteiger partial charge in [-0.3, -0.25) is 14.2 Å². The van der Waals surface area contributed by atoms with Crippen LogP contribution in [-0.4, -0.2) is 51.3 Å². The van der Waals surface area contributed by atoms with Gasteiger partial charge in [-0.1, -0.05) is 0 Å². The van der Waals surface area contributed by atoms with Gasteiger partial charge >= 0.3 is 5.69 Å². The molecule has 1 amide bonds. The number of amides is 1. The van der Waals surface area contributed by atoms with E-state index in [0.717, 1.165) is 16.3 Å². The number of nitrogens with zero attached hydrogens (tertiary/aromatic N) is 3. The number of rotatable bonds is 5. The summed E-state index contributed by atoms with van der Waals surface area (Å²) in [5, 5.41) is 13.8. The van der Waals surface area contributed by atoms with Crippen LogP contribution in [0, 0.1) is 6.92 Å². The van der Waals surface area contributed by atoms with E-state index in [1.54, 1.807) is 26.1 Å². The second-order valence-corrected chi connectivity index (χ2v) is 9.34. The first-order valence-electron chi connectivity index (χ1n) is 10.7. The van der Waals surface area contributed by atoms with Crippen molar-refractivity contribution in [2.45, 2.75) is 45.3 Å². The van der Waals surface area contributed by atoms with Crippen molar-refractivity contribution in [3.63, 3.8) is 0 Å². The zero-order valence-corrected chi connectivity index (χ0v) is 19.2. The van der Waals surface area contributed by atoms with E-state index in [1.165, 1.54) is 15.9 Å². The number of hydrogen-bond acceptors (Lipinski definition) is 7. The number of piperidine rings is 1. The van der Waals surface area contributed by atoms with Crippen molar-refractivity contribution in [3.05, 3.63) is 55.3 Å².